The van der Waals surface area contributed by atoms with E-state index in [1.807, 2.05) is 32.0 Å². The van der Waals surface area contributed by atoms with Gasteiger partial charge in [-0.1, -0.05) is 18.2 Å². The van der Waals surface area contributed by atoms with Crippen molar-refractivity contribution in [2.75, 3.05) is 25.5 Å². The van der Waals surface area contributed by atoms with Crippen LogP contribution < -0.4 is 10.9 Å². The summed E-state index contributed by atoms with van der Waals surface area (Å²) in [6, 6.07) is 5.64. The number of fused-ring (bicyclic) bond motifs is 1. The van der Waals surface area contributed by atoms with Gasteiger partial charge < -0.3 is 23.9 Å². The minimum atomic E-state index is -0.881. The normalized spacial score (nSPS) is 10.8. The van der Waals surface area contributed by atoms with Gasteiger partial charge in [-0.05, 0) is 31.9 Å². The van der Waals surface area contributed by atoms with E-state index in [1.165, 1.54) is 31.9 Å². The van der Waals surface area contributed by atoms with Gasteiger partial charge >= 0.3 is 5.97 Å². The minimum absolute atomic E-state index is 0.00807. The van der Waals surface area contributed by atoms with Crippen LogP contribution in [0, 0.1) is 20.8 Å². The van der Waals surface area contributed by atoms with Crippen LogP contribution in [0.2, 0.25) is 0 Å². The van der Waals surface area contributed by atoms with Crippen LogP contribution in [0.15, 0.2) is 33.7 Å². The maximum absolute atomic E-state index is 12.6. The first-order valence-corrected chi connectivity index (χ1v) is 9.82. The molecular weight excluding hydrogens is 416 g/mol. The largest absolute Gasteiger partial charge is 0.452 e. The zero-order valence-corrected chi connectivity index (χ0v) is 18.5. The highest BCUT2D eigenvalue weighted by atomic mass is 16.5. The van der Waals surface area contributed by atoms with E-state index in [0.29, 0.717) is 5.69 Å². The van der Waals surface area contributed by atoms with Crippen molar-refractivity contribution in [1.29, 1.82) is 0 Å². The molecule has 0 fully saturated rings. The van der Waals surface area contributed by atoms with Gasteiger partial charge in [-0.3, -0.25) is 14.4 Å². The Kier molecular flexibility index (Phi) is 6.42. The van der Waals surface area contributed by atoms with Crippen molar-refractivity contribution in [2.45, 2.75) is 20.8 Å². The fourth-order valence-electron chi connectivity index (χ4n) is 3.24. The second kappa shape index (κ2) is 9.04. The van der Waals surface area contributed by atoms with E-state index in [2.05, 4.69) is 10.3 Å². The second-order valence-corrected chi connectivity index (χ2v) is 7.51. The summed E-state index contributed by atoms with van der Waals surface area (Å²) in [6.07, 6.45) is 1.28. The van der Waals surface area contributed by atoms with Crippen molar-refractivity contribution < 1.29 is 23.5 Å². The van der Waals surface area contributed by atoms with E-state index in [4.69, 9.17) is 9.15 Å². The van der Waals surface area contributed by atoms with E-state index in [0.717, 1.165) is 16.0 Å². The third kappa shape index (κ3) is 4.53. The zero-order valence-electron chi connectivity index (χ0n) is 18.5. The number of carbonyl (C=O) groups excluding carboxylic acids is 3. The summed E-state index contributed by atoms with van der Waals surface area (Å²) >= 11 is 0. The second-order valence-electron chi connectivity index (χ2n) is 7.51. The fourth-order valence-corrected chi connectivity index (χ4v) is 3.24. The molecule has 0 aliphatic rings. The predicted octanol–water partition coefficient (Wildman–Crippen LogP) is 1.71. The Morgan fingerprint density at radius 1 is 1.19 bits per heavy atom. The standard InChI is InChI=1S/C22H24N4O6/c1-12-7-6-8-13(2)19(12)24-15(27)9-25(4)16(28)10-31-22(30)17-14(3)32-20-18(17)21(29)26(5)11-23-20/h6-8,11H,9-10H2,1-5H3,(H,24,27). The Labute approximate surface area is 183 Å². The first kappa shape index (κ1) is 22.7. The average molecular weight is 440 g/mol. The van der Waals surface area contributed by atoms with Crippen molar-refractivity contribution in [3.63, 3.8) is 0 Å². The van der Waals surface area contributed by atoms with Crippen LogP contribution in [0.3, 0.4) is 0 Å². The molecule has 0 spiro atoms. The quantitative estimate of drug-likeness (QED) is 0.579. The lowest BCUT2D eigenvalue weighted by molar-refractivity contribution is -0.136. The first-order valence-electron chi connectivity index (χ1n) is 9.82. The van der Waals surface area contributed by atoms with Gasteiger partial charge in [-0.15, -0.1) is 0 Å². The molecule has 0 unspecified atom stereocenters. The summed E-state index contributed by atoms with van der Waals surface area (Å²) in [7, 11) is 2.92. The summed E-state index contributed by atoms with van der Waals surface area (Å²) in [6.45, 7) is 4.44. The predicted molar refractivity (Wildman–Crippen MR) is 116 cm³/mol. The van der Waals surface area contributed by atoms with Gasteiger partial charge in [-0.25, -0.2) is 9.78 Å². The summed E-state index contributed by atoms with van der Waals surface area (Å²) in [5.41, 5.74) is 1.99. The van der Waals surface area contributed by atoms with Gasteiger partial charge in [0.25, 0.3) is 11.5 Å². The molecule has 0 aliphatic heterocycles. The van der Waals surface area contributed by atoms with Gasteiger partial charge in [0.05, 0.1) is 6.54 Å². The number of nitrogens with one attached hydrogen (secondary N) is 1. The summed E-state index contributed by atoms with van der Waals surface area (Å²) in [5, 5.41) is 2.79. The highest BCUT2D eigenvalue weighted by Crippen LogP contribution is 2.22. The first-order chi connectivity index (χ1) is 15.1. The SMILES string of the molecule is Cc1cccc(C)c1NC(=O)CN(C)C(=O)COC(=O)c1c(C)oc2ncn(C)c(=O)c12. The van der Waals surface area contributed by atoms with Crippen molar-refractivity contribution in [1.82, 2.24) is 14.5 Å². The third-order valence-electron chi connectivity index (χ3n) is 5.03. The number of amides is 2. The molecule has 10 heteroatoms. The molecule has 2 heterocycles. The van der Waals surface area contributed by atoms with E-state index in [-0.39, 0.29) is 34.9 Å². The number of hydrogen-bond donors (Lipinski definition) is 1. The molecule has 2 amide bonds. The highest BCUT2D eigenvalue weighted by molar-refractivity contribution is 6.04. The van der Waals surface area contributed by atoms with Gasteiger partial charge in [0.1, 0.15) is 23.0 Å². The summed E-state index contributed by atoms with van der Waals surface area (Å²) < 4.78 is 11.7. The molecule has 1 aromatic carbocycles. The van der Waals surface area contributed by atoms with E-state index < -0.39 is 24.0 Å². The van der Waals surface area contributed by atoms with E-state index >= 15 is 0 Å². The minimum Gasteiger partial charge on any atom is -0.452 e. The van der Waals surface area contributed by atoms with Crippen LogP contribution >= 0.6 is 0 Å². The molecular formula is C22H24N4O6. The molecule has 3 rings (SSSR count). The van der Waals surface area contributed by atoms with Crippen molar-refractivity contribution in [2.24, 2.45) is 7.05 Å². The number of esters is 1. The van der Waals surface area contributed by atoms with Crippen LogP contribution in [0.25, 0.3) is 11.1 Å². The third-order valence-corrected chi connectivity index (χ3v) is 5.03. The number of aromatic nitrogens is 2. The number of nitrogens with zero attached hydrogens (tertiary/aromatic N) is 3. The molecule has 10 nitrogen and oxygen atoms in total. The van der Waals surface area contributed by atoms with Gasteiger partial charge in [-0.2, -0.15) is 0 Å². The van der Waals surface area contributed by atoms with Crippen LogP contribution in [-0.4, -0.2) is 52.4 Å². The Hall–Kier alpha value is -3.95. The number of furan rings is 1. The summed E-state index contributed by atoms with van der Waals surface area (Å²) in [5.74, 6) is -1.68. The van der Waals surface area contributed by atoms with E-state index in [9.17, 15) is 19.2 Å². The van der Waals surface area contributed by atoms with Crippen molar-refractivity contribution in [3.05, 3.63) is 57.3 Å². The van der Waals surface area contributed by atoms with Gasteiger partial charge in [0.15, 0.2) is 6.61 Å². The zero-order chi connectivity index (χ0) is 23.6. The topological polar surface area (TPSA) is 124 Å². The number of ether oxygens (including phenoxy) is 1. The molecule has 0 saturated heterocycles. The number of likely N-dealkylation sites (N-methyl/N-ethyl adjacent to an activating group) is 1. The molecule has 0 atom stereocenters. The number of anilines is 1. The lowest BCUT2D eigenvalue weighted by Crippen LogP contribution is -2.37. The molecule has 2 aromatic heterocycles. The molecule has 0 saturated carbocycles. The number of rotatable bonds is 6. The van der Waals surface area contributed by atoms with Gasteiger partial charge in [0, 0.05) is 19.8 Å². The molecule has 3 aromatic rings. The summed E-state index contributed by atoms with van der Waals surface area (Å²) in [4.78, 5) is 54.8. The molecule has 1 N–H and O–H groups in total. The highest BCUT2D eigenvalue weighted by Gasteiger charge is 2.25. The van der Waals surface area contributed by atoms with E-state index in [1.54, 1.807) is 0 Å². The number of aryl methyl sites for hydroxylation is 4. The Morgan fingerprint density at radius 2 is 1.84 bits per heavy atom. The maximum Gasteiger partial charge on any atom is 0.343 e. The van der Waals surface area contributed by atoms with Crippen LogP contribution in [-0.2, 0) is 21.4 Å². The van der Waals surface area contributed by atoms with Gasteiger partial charge in [0.2, 0.25) is 11.6 Å². The number of hydrogen-bond acceptors (Lipinski definition) is 7. The molecule has 0 bridgehead atoms. The van der Waals surface area contributed by atoms with Crippen LogP contribution in [0.5, 0.6) is 0 Å². The molecule has 32 heavy (non-hydrogen) atoms. The van der Waals surface area contributed by atoms with Crippen LogP contribution in [0.4, 0.5) is 5.69 Å². The maximum atomic E-state index is 12.6. The Balaban J connectivity index is 1.63. The Bertz CT molecular complexity index is 1250. The monoisotopic (exact) mass is 440 g/mol. The Morgan fingerprint density at radius 3 is 2.50 bits per heavy atom. The molecule has 0 radical (unpaired) electrons. The number of para-hydroxylation sites is 1. The molecule has 0 aliphatic carbocycles. The smallest absolute Gasteiger partial charge is 0.343 e. The fraction of sp³-hybridized carbons (Fsp3) is 0.318. The molecule has 168 valence electrons. The van der Waals surface area contributed by atoms with Crippen molar-refractivity contribution >= 4 is 34.6 Å². The average Bonchev–Trinajstić information content (AvgIpc) is 3.08. The van der Waals surface area contributed by atoms with Crippen molar-refractivity contribution in [3.8, 4) is 0 Å². The van der Waals surface area contributed by atoms with Crippen LogP contribution in [0.1, 0.15) is 27.2 Å². The lowest BCUT2D eigenvalue weighted by atomic mass is 10.1. The number of benzene rings is 1. The lowest BCUT2D eigenvalue weighted by Gasteiger charge is -2.18. The number of carbonyl (C=O) groups is 3.